The molecule has 0 spiro atoms. The Bertz CT molecular complexity index is 667. The fourth-order valence-corrected chi connectivity index (χ4v) is 2.33. The largest absolute Gasteiger partial charge is 0.476 e. The van der Waals surface area contributed by atoms with Crippen LogP contribution in [0.25, 0.3) is 0 Å². The Hall–Kier alpha value is -2.54. The molecule has 2 rings (SSSR count). The van der Waals surface area contributed by atoms with Gasteiger partial charge in [0.05, 0.1) is 13.0 Å². The Balaban J connectivity index is 1.85. The Kier molecular flexibility index (Phi) is 4.78. The van der Waals surface area contributed by atoms with Gasteiger partial charge in [-0.25, -0.2) is 9.78 Å². The maximum absolute atomic E-state index is 11.8. The predicted octanol–water partition coefficient (Wildman–Crippen LogP) is 1.38. The number of hydrogen-bond acceptors (Lipinski definition) is 5. The van der Waals surface area contributed by atoms with E-state index in [-0.39, 0.29) is 29.6 Å². The van der Waals surface area contributed by atoms with Crippen LogP contribution in [0.1, 0.15) is 25.9 Å². The SMILES string of the molecule is O=C(Cc1ccccc1)NCC(=O)c1nc(C(=O)O)cs1. The molecule has 1 amide bonds. The highest BCUT2D eigenvalue weighted by Gasteiger charge is 2.15. The third-order valence-electron chi connectivity index (χ3n) is 2.62. The van der Waals surface area contributed by atoms with Crippen LogP contribution in [0.2, 0.25) is 0 Å². The number of carbonyl (C=O) groups is 3. The van der Waals surface area contributed by atoms with Crippen LogP contribution in [0.15, 0.2) is 35.7 Å². The lowest BCUT2D eigenvalue weighted by atomic mass is 10.1. The van der Waals surface area contributed by atoms with Gasteiger partial charge in [0.15, 0.2) is 10.7 Å². The molecule has 0 aliphatic carbocycles. The average molecular weight is 304 g/mol. The Labute approximate surface area is 124 Å². The maximum atomic E-state index is 11.8. The second kappa shape index (κ2) is 6.76. The molecule has 7 heteroatoms. The number of thiazole rings is 1. The third kappa shape index (κ3) is 4.22. The van der Waals surface area contributed by atoms with Crippen molar-refractivity contribution < 1.29 is 19.5 Å². The number of amides is 1. The molecule has 0 aliphatic rings. The first-order valence-corrected chi connectivity index (χ1v) is 6.97. The summed E-state index contributed by atoms with van der Waals surface area (Å²) >= 11 is 0.949. The molecule has 21 heavy (non-hydrogen) atoms. The van der Waals surface area contributed by atoms with E-state index in [1.54, 1.807) is 0 Å². The standard InChI is InChI=1S/C14H12N2O4S/c17-11(13-16-10(8-21-13)14(19)20)7-15-12(18)6-9-4-2-1-3-5-9/h1-5,8H,6-7H2,(H,15,18)(H,19,20). The summed E-state index contributed by atoms with van der Waals surface area (Å²) in [5.41, 5.74) is 0.684. The molecular weight excluding hydrogens is 292 g/mol. The van der Waals surface area contributed by atoms with Crippen LogP contribution in [0.3, 0.4) is 0 Å². The second-order valence-electron chi connectivity index (χ2n) is 4.21. The van der Waals surface area contributed by atoms with E-state index < -0.39 is 11.8 Å². The summed E-state index contributed by atoms with van der Waals surface area (Å²) in [6.45, 7) is -0.196. The topological polar surface area (TPSA) is 96.4 Å². The molecule has 1 aromatic carbocycles. The summed E-state index contributed by atoms with van der Waals surface area (Å²) in [5, 5.41) is 12.6. The molecule has 1 aromatic heterocycles. The van der Waals surface area contributed by atoms with Gasteiger partial charge in [0.1, 0.15) is 0 Å². The highest BCUT2D eigenvalue weighted by Crippen LogP contribution is 2.10. The first kappa shape index (κ1) is 14.9. The third-order valence-corrected chi connectivity index (χ3v) is 3.50. The first-order valence-electron chi connectivity index (χ1n) is 6.09. The quantitative estimate of drug-likeness (QED) is 0.786. The first-order chi connectivity index (χ1) is 10.1. The van der Waals surface area contributed by atoms with Crippen LogP contribution in [0.5, 0.6) is 0 Å². The molecule has 0 fully saturated rings. The zero-order valence-corrected chi connectivity index (χ0v) is 11.7. The summed E-state index contributed by atoms with van der Waals surface area (Å²) in [6.07, 6.45) is 0.187. The molecule has 0 atom stereocenters. The number of benzene rings is 1. The van der Waals surface area contributed by atoms with Crippen molar-refractivity contribution in [1.82, 2.24) is 10.3 Å². The summed E-state index contributed by atoms with van der Waals surface area (Å²) < 4.78 is 0. The number of rotatable bonds is 6. The molecule has 2 N–H and O–H groups in total. The normalized spacial score (nSPS) is 10.1. The van der Waals surface area contributed by atoms with Crippen molar-refractivity contribution in [3.05, 3.63) is 52.0 Å². The summed E-state index contributed by atoms with van der Waals surface area (Å²) in [4.78, 5) is 37.8. The van der Waals surface area contributed by atoms with Gasteiger partial charge in [0.25, 0.3) is 0 Å². The molecule has 0 bridgehead atoms. The van der Waals surface area contributed by atoms with E-state index in [2.05, 4.69) is 10.3 Å². The minimum absolute atomic E-state index is 0.0763. The van der Waals surface area contributed by atoms with Crippen LogP contribution in [-0.4, -0.2) is 34.3 Å². The van der Waals surface area contributed by atoms with E-state index in [1.807, 2.05) is 30.3 Å². The van der Waals surface area contributed by atoms with Crippen molar-refractivity contribution in [2.45, 2.75) is 6.42 Å². The second-order valence-corrected chi connectivity index (χ2v) is 5.06. The predicted molar refractivity (Wildman–Crippen MR) is 76.6 cm³/mol. The number of hydrogen-bond donors (Lipinski definition) is 2. The number of aromatic nitrogens is 1. The number of aromatic carboxylic acids is 1. The van der Waals surface area contributed by atoms with Crippen molar-refractivity contribution in [2.75, 3.05) is 6.54 Å². The van der Waals surface area contributed by atoms with Crippen LogP contribution < -0.4 is 5.32 Å². The van der Waals surface area contributed by atoms with Gasteiger partial charge < -0.3 is 10.4 Å². The van der Waals surface area contributed by atoms with Crippen molar-refractivity contribution >= 4 is 29.0 Å². The molecule has 2 aromatic rings. The number of Topliss-reactive ketones (excluding diaryl/α,β-unsaturated/α-hetero) is 1. The van der Waals surface area contributed by atoms with E-state index in [1.165, 1.54) is 5.38 Å². The highest BCUT2D eigenvalue weighted by molar-refractivity contribution is 7.12. The smallest absolute Gasteiger partial charge is 0.355 e. The van der Waals surface area contributed by atoms with E-state index in [0.29, 0.717) is 0 Å². The summed E-state index contributed by atoms with van der Waals surface area (Å²) in [6, 6.07) is 9.16. The lowest BCUT2D eigenvalue weighted by Crippen LogP contribution is -2.30. The number of ketones is 1. The average Bonchev–Trinajstić information content (AvgIpc) is 2.96. The minimum atomic E-state index is -1.18. The zero-order chi connectivity index (χ0) is 15.2. The van der Waals surface area contributed by atoms with Crippen LogP contribution in [0, 0.1) is 0 Å². The fraction of sp³-hybridized carbons (Fsp3) is 0.143. The van der Waals surface area contributed by atoms with Gasteiger partial charge in [-0.3, -0.25) is 9.59 Å². The molecule has 1 heterocycles. The lowest BCUT2D eigenvalue weighted by Gasteiger charge is -2.03. The number of nitrogens with one attached hydrogen (secondary N) is 1. The van der Waals surface area contributed by atoms with Gasteiger partial charge in [0, 0.05) is 5.38 Å². The Morgan fingerprint density at radius 2 is 1.90 bits per heavy atom. The van der Waals surface area contributed by atoms with Gasteiger partial charge in [-0.05, 0) is 5.56 Å². The molecule has 0 aliphatic heterocycles. The molecule has 6 nitrogen and oxygen atoms in total. The van der Waals surface area contributed by atoms with Crippen molar-refractivity contribution in [2.24, 2.45) is 0 Å². The minimum Gasteiger partial charge on any atom is -0.476 e. The number of nitrogens with zero attached hydrogens (tertiary/aromatic N) is 1. The van der Waals surface area contributed by atoms with Gasteiger partial charge >= 0.3 is 5.97 Å². The summed E-state index contributed by atoms with van der Waals surface area (Å²) in [7, 11) is 0. The zero-order valence-electron chi connectivity index (χ0n) is 10.9. The van der Waals surface area contributed by atoms with Crippen molar-refractivity contribution in [3.8, 4) is 0 Å². The lowest BCUT2D eigenvalue weighted by molar-refractivity contribution is -0.120. The fourth-order valence-electron chi connectivity index (χ4n) is 1.60. The van der Waals surface area contributed by atoms with Crippen LogP contribution in [0.4, 0.5) is 0 Å². The number of carboxylic acid groups (broad SMARTS) is 1. The van der Waals surface area contributed by atoms with E-state index in [9.17, 15) is 14.4 Å². The Morgan fingerprint density at radius 1 is 1.19 bits per heavy atom. The monoisotopic (exact) mass is 304 g/mol. The number of carbonyl (C=O) groups excluding carboxylic acids is 2. The maximum Gasteiger partial charge on any atom is 0.355 e. The van der Waals surface area contributed by atoms with E-state index >= 15 is 0 Å². The van der Waals surface area contributed by atoms with Gasteiger partial charge in [0.2, 0.25) is 11.7 Å². The van der Waals surface area contributed by atoms with E-state index in [0.717, 1.165) is 16.9 Å². The molecule has 0 saturated heterocycles. The van der Waals surface area contributed by atoms with Crippen molar-refractivity contribution in [3.63, 3.8) is 0 Å². The highest BCUT2D eigenvalue weighted by atomic mass is 32.1. The Morgan fingerprint density at radius 3 is 2.52 bits per heavy atom. The van der Waals surface area contributed by atoms with E-state index in [4.69, 9.17) is 5.11 Å². The van der Waals surface area contributed by atoms with Crippen molar-refractivity contribution in [1.29, 1.82) is 0 Å². The summed E-state index contributed by atoms with van der Waals surface area (Å²) in [5.74, 6) is -1.86. The van der Waals surface area contributed by atoms with Gasteiger partial charge in [-0.1, -0.05) is 30.3 Å². The molecule has 0 saturated carbocycles. The van der Waals surface area contributed by atoms with Crippen LogP contribution in [-0.2, 0) is 11.2 Å². The van der Waals surface area contributed by atoms with Crippen LogP contribution >= 0.6 is 11.3 Å². The molecule has 0 radical (unpaired) electrons. The molecular formula is C14H12N2O4S. The van der Waals surface area contributed by atoms with Gasteiger partial charge in [-0.2, -0.15) is 0 Å². The number of carboxylic acids is 1. The molecule has 108 valence electrons. The molecule has 0 unspecified atom stereocenters. The van der Waals surface area contributed by atoms with Gasteiger partial charge in [-0.15, -0.1) is 11.3 Å².